The van der Waals surface area contributed by atoms with Gasteiger partial charge in [-0.1, -0.05) is 67.2 Å². The molecule has 2 nitrogen and oxygen atoms in total. The number of rotatable bonds is 1. The fourth-order valence-electron chi connectivity index (χ4n) is 2.92. The van der Waals surface area contributed by atoms with Crippen LogP contribution < -0.4 is 0 Å². The van der Waals surface area contributed by atoms with Crippen LogP contribution in [0.5, 0.6) is 0 Å². The molecule has 0 radical (unpaired) electrons. The predicted molar refractivity (Wildman–Crippen MR) is 90.7 cm³/mol. The van der Waals surface area contributed by atoms with Crippen molar-refractivity contribution in [1.82, 2.24) is 4.90 Å². The molecule has 0 N–H and O–H groups in total. The minimum Gasteiger partial charge on any atom is -0.319 e. The molecule has 1 atom stereocenters. The molecule has 0 saturated carbocycles. The molecule has 3 heteroatoms. The number of fused-ring (bicyclic) bond motifs is 2. The highest BCUT2D eigenvalue weighted by Gasteiger charge is 2.29. The lowest BCUT2D eigenvalue weighted by Gasteiger charge is -2.23. The molecular formula is C18H16N2S. The van der Waals surface area contributed by atoms with Gasteiger partial charge in [-0.25, -0.2) is 4.99 Å². The van der Waals surface area contributed by atoms with Crippen molar-refractivity contribution < 1.29 is 0 Å². The first-order valence-electron chi connectivity index (χ1n) is 7.20. The zero-order chi connectivity index (χ0) is 14.2. The second kappa shape index (κ2) is 5.08. The van der Waals surface area contributed by atoms with Crippen LogP contribution in [0.2, 0.25) is 0 Å². The van der Waals surface area contributed by atoms with Gasteiger partial charge in [0.25, 0.3) is 0 Å². The Morgan fingerprint density at radius 2 is 1.81 bits per heavy atom. The Hall–Kier alpha value is -2.00. The third-order valence-electron chi connectivity index (χ3n) is 4.01. The third-order valence-corrected chi connectivity index (χ3v) is 4.87. The fraction of sp³-hybridized carbons (Fsp3) is 0.167. The monoisotopic (exact) mass is 292 g/mol. The van der Waals surface area contributed by atoms with E-state index in [-0.39, 0.29) is 0 Å². The van der Waals surface area contributed by atoms with Gasteiger partial charge in [0.15, 0.2) is 5.17 Å². The molecule has 2 aromatic carbocycles. The van der Waals surface area contributed by atoms with Gasteiger partial charge in [0.1, 0.15) is 0 Å². The smallest absolute Gasteiger partial charge is 0.173 e. The number of para-hydroxylation sites is 1. The molecule has 0 aromatic heterocycles. The van der Waals surface area contributed by atoms with Crippen molar-refractivity contribution in [2.75, 3.05) is 6.54 Å². The maximum atomic E-state index is 4.88. The summed E-state index contributed by atoms with van der Waals surface area (Å²) >= 11 is 1.72. The second-order valence-electron chi connectivity index (χ2n) is 5.45. The summed E-state index contributed by atoms with van der Waals surface area (Å²) in [6, 6.07) is 19.0. The molecule has 2 aromatic rings. The highest BCUT2D eigenvalue weighted by molar-refractivity contribution is 8.16. The lowest BCUT2D eigenvalue weighted by Crippen LogP contribution is -2.26. The summed E-state index contributed by atoms with van der Waals surface area (Å²) in [5.41, 5.74) is 4.97. The van der Waals surface area contributed by atoms with E-state index in [1.54, 1.807) is 11.8 Å². The standard InChI is InChI=1S/C18H16N2S/c1-13-11-20-17(14-7-3-2-4-8-14)12-21-18(20)19-16-10-6-5-9-15(13)16/h2-10,12-13H,11H2,1H3. The zero-order valence-electron chi connectivity index (χ0n) is 11.9. The Morgan fingerprint density at radius 1 is 1.05 bits per heavy atom. The lowest BCUT2D eigenvalue weighted by atomic mass is 9.99. The van der Waals surface area contributed by atoms with Gasteiger partial charge in [-0.2, -0.15) is 0 Å². The van der Waals surface area contributed by atoms with E-state index in [9.17, 15) is 0 Å². The molecular weight excluding hydrogens is 276 g/mol. The molecule has 21 heavy (non-hydrogen) atoms. The van der Waals surface area contributed by atoms with Crippen molar-refractivity contribution in [3.8, 4) is 0 Å². The number of thioether (sulfide) groups is 1. The third kappa shape index (κ3) is 2.18. The number of hydrogen-bond acceptors (Lipinski definition) is 3. The van der Waals surface area contributed by atoms with Crippen LogP contribution in [0.25, 0.3) is 5.70 Å². The Bertz CT molecular complexity index is 734. The van der Waals surface area contributed by atoms with E-state index < -0.39 is 0 Å². The van der Waals surface area contributed by atoms with Crippen LogP contribution in [0, 0.1) is 0 Å². The van der Waals surface area contributed by atoms with Gasteiger partial charge in [-0.15, -0.1) is 0 Å². The van der Waals surface area contributed by atoms with Gasteiger partial charge in [-0.05, 0) is 17.2 Å². The van der Waals surface area contributed by atoms with Crippen LogP contribution in [-0.4, -0.2) is 16.6 Å². The summed E-state index contributed by atoms with van der Waals surface area (Å²) < 4.78 is 0. The van der Waals surface area contributed by atoms with Crippen molar-refractivity contribution in [2.45, 2.75) is 12.8 Å². The zero-order valence-corrected chi connectivity index (χ0v) is 12.7. The van der Waals surface area contributed by atoms with Crippen LogP contribution in [0.3, 0.4) is 0 Å². The molecule has 0 saturated heterocycles. The molecule has 1 unspecified atom stereocenters. The summed E-state index contributed by atoms with van der Waals surface area (Å²) in [5.74, 6) is 0.466. The number of aliphatic imine (C=N–C) groups is 1. The minimum absolute atomic E-state index is 0.466. The average Bonchev–Trinajstić information content (AvgIpc) is 2.85. The Kier molecular flexibility index (Phi) is 3.08. The lowest BCUT2D eigenvalue weighted by molar-refractivity contribution is 0.541. The number of amidine groups is 1. The summed E-state index contributed by atoms with van der Waals surface area (Å²) in [6.45, 7) is 3.26. The van der Waals surface area contributed by atoms with Gasteiger partial charge in [0, 0.05) is 17.9 Å². The Morgan fingerprint density at radius 3 is 2.67 bits per heavy atom. The number of benzene rings is 2. The van der Waals surface area contributed by atoms with Gasteiger partial charge in [-0.3, -0.25) is 0 Å². The van der Waals surface area contributed by atoms with Crippen molar-refractivity contribution in [1.29, 1.82) is 0 Å². The van der Waals surface area contributed by atoms with Crippen LogP contribution >= 0.6 is 11.8 Å². The van der Waals surface area contributed by atoms with E-state index in [1.165, 1.54) is 16.8 Å². The fourth-order valence-corrected chi connectivity index (χ4v) is 3.85. The topological polar surface area (TPSA) is 15.6 Å². The molecule has 104 valence electrons. The van der Waals surface area contributed by atoms with Crippen LogP contribution in [0.4, 0.5) is 5.69 Å². The molecule has 0 fully saturated rings. The van der Waals surface area contributed by atoms with E-state index in [4.69, 9.17) is 4.99 Å². The van der Waals surface area contributed by atoms with Crippen molar-refractivity contribution in [2.24, 2.45) is 4.99 Å². The van der Waals surface area contributed by atoms with Crippen LogP contribution in [-0.2, 0) is 0 Å². The maximum Gasteiger partial charge on any atom is 0.173 e. The van der Waals surface area contributed by atoms with E-state index >= 15 is 0 Å². The first kappa shape index (κ1) is 12.7. The average molecular weight is 292 g/mol. The van der Waals surface area contributed by atoms with Gasteiger partial charge >= 0.3 is 0 Å². The molecule has 2 aliphatic heterocycles. The van der Waals surface area contributed by atoms with Crippen molar-refractivity contribution in [3.63, 3.8) is 0 Å². The normalized spacial score (nSPS) is 20.2. The molecule has 2 heterocycles. The SMILES string of the molecule is CC1CN2C(c3ccccc3)=CSC2=Nc2ccccc21. The molecule has 0 bridgehead atoms. The van der Waals surface area contributed by atoms with Gasteiger partial charge in [0.2, 0.25) is 0 Å². The highest BCUT2D eigenvalue weighted by Crippen LogP contribution is 2.40. The minimum atomic E-state index is 0.466. The first-order chi connectivity index (χ1) is 10.3. The molecule has 4 rings (SSSR count). The highest BCUT2D eigenvalue weighted by atomic mass is 32.2. The van der Waals surface area contributed by atoms with Crippen LogP contribution in [0.15, 0.2) is 65.0 Å². The van der Waals surface area contributed by atoms with Gasteiger partial charge < -0.3 is 4.90 Å². The molecule has 0 amide bonds. The second-order valence-corrected chi connectivity index (χ2v) is 6.29. The molecule has 2 aliphatic rings. The Labute approximate surface area is 129 Å². The molecule has 0 aliphatic carbocycles. The Balaban J connectivity index is 1.76. The quantitative estimate of drug-likeness (QED) is 0.747. The number of nitrogens with zero attached hydrogens (tertiary/aromatic N) is 2. The summed E-state index contributed by atoms with van der Waals surface area (Å²) in [4.78, 5) is 7.23. The molecule has 0 spiro atoms. The van der Waals surface area contributed by atoms with E-state index in [0.29, 0.717) is 5.92 Å². The summed E-state index contributed by atoms with van der Waals surface area (Å²) in [5, 5.41) is 3.31. The van der Waals surface area contributed by atoms with E-state index in [0.717, 1.165) is 17.4 Å². The van der Waals surface area contributed by atoms with Crippen molar-refractivity contribution in [3.05, 3.63) is 71.1 Å². The van der Waals surface area contributed by atoms with E-state index in [2.05, 4.69) is 71.8 Å². The predicted octanol–water partition coefficient (Wildman–Crippen LogP) is 4.84. The summed E-state index contributed by atoms with van der Waals surface area (Å²) in [7, 11) is 0. The van der Waals surface area contributed by atoms with E-state index in [1.807, 2.05) is 0 Å². The van der Waals surface area contributed by atoms with Crippen LogP contribution in [0.1, 0.15) is 24.0 Å². The summed E-state index contributed by atoms with van der Waals surface area (Å²) in [6.07, 6.45) is 0. The number of hydrogen-bond donors (Lipinski definition) is 0. The van der Waals surface area contributed by atoms with Crippen molar-refractivity contribution >= 4 is 28.3 Å². The first-order valence-corrected chi connectivity index (χ1v) is 8.08. The largest absolute Gasteiger partial charge is 0.319 e. The van der Waals surface area contributed by atoms with Gasteiger partial charge in [0.05, 0.1) is 11.4 Å². The maximum absolute atomic E-state index is 4.88.